The standard InChI is InChI=1S/C38H42N2O6/c1-39-16-14-26-20-31(42-3)36-35(41)33(26)29(39)18-24-10-12-28(13-11-24)46-38-34-27(21-32(43-4)37(38)44-5)15-17-40(2)30(34)19-23-6-8-25(9-7-23)22-45-36/h6-13,20-21,29-30,41H,14-19,22H2,1-5H3/t29-,30+/m1/s1. The van der Waals surface area contributed by atoms with Crippen LogP contribution >= 0.6 is 0 Å². The largest absolute Gasteiger partial charge is 0.504 e. The van der Waals surface area contributed by atoms with E-state index in [0.29, 0.717) is 35.4 Å². The Morgan fingerprint density at radius 3 is 1.83 bits per heavy atom. The molecule has 6 heterocycles. The second kappa shape index (κ2) is 12.4. The Balaban J connectivity index is 1.37. The Hall–Kier alpha value is -4.40. The van der Waals surface area contributed by atoms with Gasteiger partial charge in [-0.15, -0.1) is 0 Å². The third-order valence-electron chi connectivity index (χ3n) is 9.92. The first-order valence-electron chi connectivity index (χ1n) is 16.0. The number of rotatable bonds is 3. The molecule has 2 atom stereocenters. The Morgan fingerprint density at radius 2 is 1.22 bits per heavy atom. The molecule has 0 saturated carbocycles. The normalized spacial score (nSPS) is 19.5. The molecule has 0 radical (unpaired) electrons. The summed E-state index contributed by atoms with van der Waals surface area (Å²) in [6.07, 6.45) is 3.23. The molecule has 0 spiro atoms. The highest BCUT2D eigenvalue weighted by Gasteiger charge is 2.34. The zero-order valence-electron chi connectivity index (χ0n) is 27.3. The van der Waals surface area contributed by atoms with Crippen molar-refractivity contribution in [1.29, 1.82) is 0 Å². The number of phenolic OH excluding ortho intramolecular Hbond substituents is 1. The monoisotopic (exact) mass is 622 g/mol. The molecule has 6 aliphatic heterocycles. The number of aromatic hydroxyl groups is 1. The summed E-state index contributed by atoms with van der Waals surface area (Å²) in [5.74, 6) is 3.80. The van der Waals surface area contributed by atoms with Gasteiger partial charge in [-0.3, -0.25) is 9.80 Å². The van der Waals surface area contributed by atoms with Gasteiger partial charge in [-0.05, 0) is 91.9 Å². The molecular formula is C38H42N2O6. The number of benzene rings is 4. The topological polar surface area (TPSA) is 72.9 Å². The van der Waals surface area contributed by atoms with Crippen molar-refractivity contribution in [3.63, 3.8) is 0 Å². The summed E-state index contributed by atoms with van der Waals surface area (Å²) >= 11 is 0. The molecule has 0 saturated heterocycles. The second-order valence-corrected chi connectivity index (χ2v) is 12.6. The van der Waals surface area contributed by atoms with Crippen LogP contribution in [0, 0.1) is 0 Å². The van der Waals surface area contributed by atoms with E-state index in [-0.39, 0.29) is 17.8 Å². The lowest BCUT2D eigenvalue weighted by molar-refractivity contribution is 0.216. The molecule has 8 heteroatoms. The maximum atomic E-state index is 11.7. The molecular weight excluding hydrogens is 580 g/mol. The SMILES string of the molecule is COc1cc2c3c(O)c1OCc1ccc(cc1)C[C@H]1c4c(cc(OC)c(OC)c4Oc4ccc(cc4)C[C@H]3N(C)CC2)CCN1C. The van der Waals surface area contributed by atoms with Gasteiger partial charge in [-0.25, -0.2) is 0 Å². The van der Waals surface area contributed by atoms with E-state index < -0.39 is 0 Å². The van der Waals surface area contributed by atoms with E-state index in [1.807, 2.05) is 18.2 Å². The Morgan fingerprint density at radius 1 is 0.674 bits per heavy atom. The van der Waals surface area contributed by atoms with Crippen LogP contribution in [0.2, 0.25) is 0 Å². The highest BCUT2D eigenvalue weighted by Crippen LogP contribution is 2.51. The summed E-state index contributed by atoms with van der Waals surface area (Å²) in [4.78, 5) is 4.70. The average molecular weight is 623 g/mol. The Kier molecular flexibility index (Phi) is 8.17. The second-order valence-electron chi connectivity index (χ2n) is 12.6. The summed E-state index contributed by atoms with van der Waals surface area (Å²) in [5.41, 5.74) is 7.69. The summed E-state index contributed by atoms with van der Waals surface area (Å²) in [7, 11) is 9.25. The van der Waals surface area contributed by atoms with E-state index in [4.69, 9.17) is 23.7 Å². The van der Waals surface area contributed by atoms with E-state index >= 15 is 0 Å². The number of ether oxygens (including phenoxy) is 5. The van der Waals surface area contributed by atoms with Gasteiger partial charge in [0.1, 0.15) is 12.4 Å². The number of likely N-dealkylation sites (N-methyl/N-ethyl adjacent to an activating group) is 2. The van der Waals surface area contributed by atoms with E-state index in [1.165, 1.54) is 11.1 Å². The van der Waals surface area contributed by atoms with Crippen LogP contribution < -0.4 is 23.7 Å². The van der Waals surface area contributed by atoms with Crippen LogP contribution in [0.15, 0.2) is 60.7 Å². The predicted octanol–water partition coefficient (Wildman–Crippen LogP) is 6.65. The van der Waals surface area contributed by atoms with Crippen molar-refractivity contribution in [3.8, 4) is 40.2 Å². The first kappa shape index (κ1) is 30.3. The van der Waals surface area contributed by atoms with Crippen molar-refractivity contribution < 1.29 is 28.8 Å². The van der Waals surface area contributed by atoms with E-state index in [1.54, 1.807) is 21.3 Å². The van der Waals surface area contributed by atoms with Crippen molar-refractivity contribution >= 4 is 0 Å². The summed E-state index contributed by atoms with van der Waals surface area (Å²) in [5, 5.41) is 11.7. The van der Waals surface area contributed by atoms with Gasteiger partial charge in [0.15, 0.2) is 23.0 Å². The quantitative estimate of drug-likeness (QED) is 0.273. The molecule has 10 rings (SSSR count). The number of nitrogens with zero attached hydrogens (tertiary/aromatic N) is 2. The fraction of sp³-hybridized carbons (Fsp3) is 0.368. The van der Waals surface area contributed by atoms with Gasteiger partial charge in [-0.1, -0.05) is 36.4 Å². The van der Waals surface area contributed by atoms with E-state index in [2.05, 4.69) is 66.4 Å². The van der Waals surface area contributed by atoms with Gasteiger partial charge in [0.25, 0.3) is 0 Å². The van der Waals surface area contributed by atoms with Gasteiger partial charge in [0, 0.05) is 36.3 Å². The molecule has 0 unspecified atom stereocenters. The van der Waals surface area contributed by atoms with Gasteiger partial charge in [-0.2, -0.15) is 0 Å². The van der Waals surface area contributed by atoms with Crippen molar-refractivity contribution in [2.24, 2.45) is 0 Å². The molecule has 240 valence electrons. The predicted molar refractivity (Wildman–Crippen MR) is 177 cm³/mol. The van der Waals surface area contributed by atoms with Gasteiger partial charge in [0.05, 0.1) is 21.3 Å². The molecule has 0 fully saturated rings. The van der Waals surface area contributed by atoms with Crippen LogP contribution in [0.5, 0.6) is 40.2 Å². The first-order valence-corrected chi connectivity index (χ1v) is 16.0. The molecule has 8 nitrogen and oxygen atoms in total. The summed E-state index contributed by atoms with van der Waals surface area (Å²) < 4.78 is 30.5. The lowest BCUT2D eigenvalue weighted by atomic mass is 9.87. The van der Waals surface area contributed by atoms with Gasteiger partial charge in [0.2, 0.25) is 11.5 Å². The van der Waals surface area contributed by atoms with Crippen molar-refractivity contribution in [2.75, 3.05) is 48.5 Å². The third kappa shape index (κ3) is 5.39. The fourth-order valence-corrected chi connectivity index (χ4v) is 7.31. The zero-order valence-corrected chi connectivity index (χ0v) is 27.3. The minimum absolute atomic E-state index is 0.0320. The zero-order chi connectivity index (χ0) is 31.9. The molecule has 4 aromatic rings. The average Bonchev–Trinajstić information content (AvgIpc) is 3.07. The highest BCUT2D eigenvalue weighted by atomic mass is 16.5. The molecule has 0 amide bonds. The fourth-order valence-electron chi connectivity index (χ4n) is 7.31. The van der Waals surface area contributed by atoms with Crippen molar-refractivity contribution in [1.82, 2.24) is 9.80 Å². The first-order chi connectivity index (χ1) is 22.4. The molecule has 46 heavy (non-hydrogen) atoms. The van der Waals surface area contributed by atoms with Crippen LogP contribution in [0.3, 0.4) is 0 Å². The van der Waals surface area contributed by atoms with Crippen molar-refractivity contribution in [3.05, 3.63) is 99.6 Å². The Labute approximate surface area is 271 Å². The number of hydrogen-bond donors (Lipinski definition) is 1. The van der Waals surface area contributed by atoms with Crippen LogP contribution in [0.25, 0.3) is 0 Å². The van der Waals surface area contributed by atoms with Crippen LogP contribution in [0.4, 0.5) is 0 Å². The molecule has 0 aliphatic carbocycles. The third-order valence-corrected chi connectivity index (χ3v) is 9.92. The van der Waals surface area contributed by atoms with Crippen LogP contribution in [-0.4, -0.2) is 63.4 Å². The minimum Gasteiger partial charge on any atom is -0.504 e. The molecule has 0 aromatic heterocycles. The maximum Gasteiger partial charge on any atom is 0.204 e. The highest BCUT2D eigenvalue weighted by molar-refractivity contribution is 5.63. The minimum atomic E-state index is -0.0320. The number of methoxy groups -OCH3 is 3. The summed E-state index contributed by atoms with van der Waals surface area (Å²) in [6, 6.07) is 21.0. The lowest BCUT2D eigenvalue weighted by Crippen LogP contribution is -2.34. The van der Waals surface area contributed by atoms with E-state index in [0.717, 1.165) is 72.3 Å². The molecule has 1 N–H and O–H groups in total. The van der Waals surface area contributed by atoms with Crippen LogP contribution in [0.1, 0.15) is 51.0 Å². The molecule has 6 aliphatic rings. The van der Waals surface area contributed by atoms with Crippen molar-refractivity contribution in [2.45, 2.75) is 44.4 Å². The molecule has 6 bridgehead atoms. The number of phenols is 1. The van der Waals surface area contributed by atoms with E-state index in [9.17, 15) is 5.11 Å². The smallest absolute Gasteiger partial charge is 0.204 e. The lowest BCUT2D eigenvalue weighted by Gasteiger charge is -2.37. The Bertz CT molecular complexity index is 1740. The van der Waals surface area contributed by atoms with Crippen LogP contribution in [-0.2, 0) is 32.3 Å². The molecule has 4 aromatic carbocycles. The maximum absolute atomic E-state index is 11.7. The van der Waals surface area contributed by atoms with Gasteiger partial charge < -0.3 is 28.8 Å². The van der Waals surface area contributed by atoms with Gasteiger partial charge >= 0.3 is 0 Å². The summed E-state index contributed by atoms with van der Waals surface area (Å²) in [6.45, 7) is 2.12. The number of hydrogen-bond acceptors (Lipinski definition) is 8.